The molecule has 0 aromatic carbocycles. The van der Waals surface area contributed by atoms with Crippen molar-refractivity contribution in [3.8, 4) is 0 Å². The summed E-state index contributed by atoms with van der Waals surface area (Å²) in [6.45, 7) is 25.9. The van der Waals surface area contributed by atoms with Crippen LogP contribution < -0.4 is 5.32 Å². The van der Waals surface area contributed by atoms with Gasteiger partial charge in [-0.2, -0.15) is 0 Å². The average Bonchev–Trinajstić information content (AvgIpc) is 2.27. The highest BCUT2D eigenvalue weighted by Gasteiger charge is 2.44. The van der Waals surface area contributed by atoms with Gasteiger partial charge in [0.05, 0.1) is 6.10 Å². The standard InChI is InChI=1S/C21H45NO2Si/c1-18(2,3)24-25(11,19(4,5)6)14-12-13-23-17-15-20(7,8)22-21(9,10)16-17/h17,22H,12-16H2,1-11H3. The Balaban J connectivity index is 2.57. The third-order valence-corrected chi connectivity index (χ3v) is 11.0. The maximum absolute atomic E-state index is 6.62. The normalized spacial score (nSPS) is 24.1. The molecule has 0 spiro atoms. The monoisotopic (exact) mass is 371 g/mol. The smallest absolute Gasteiger partial charge is 0.195 e. The van der Waals surface area contributed by atoms with E-state index < -0.39 is 8.32 Å². The number of piperidine rings is 1. The molecule has 4 heteroatoms. The van der Waals surface area contributed by atoms with E-state index in [2.05, 4.69) is 81.1 Å². The molecule has 1 unspecified atom stereocenters. The molecule has 0 aliphatic carbocycles. The molecule has 3 nitrogen and oxygen atoms in total. The van der Waals surface area contributed by atoms with Crippen molar-refractivity contribution in [3.05, 3.63) is 0 Å². The van der Waals surface area contributed by atoms with Crippen LogP contribution in [0.4, 0.5) is 0 Å². The summed E-state index contributed by atoms with van der Waals surface area (Å²) >= 11 is 0. The first-order valence-corrected chi connectivity index (χ1v) is 12.7. The van der Waals surface area contributed by atoms with E-state index in [1.54, 1.807) is 0 Å². The second kappa shape index (κ2) is 7.61. The average molecular weight is 372 g/mol. The predicted molar refractivity (Wildman–Crippen MR) is 112 cm³/mol. The Morgan fingerprint density at radius 2 is 1.44 bits per heavy atom. The Kier molecular flexibility index (Phi) is 7.04. The molecule has 1 heterocycles. The maximum atomic E-state index is 6.62. The first-order chi connectivity index (χ1) is 10.9. The van der Waals surface area contributed by atoms with Crippen LogP contribution in [0, 0.1) is 0 Å². The van der Waals surface area contributed by atoms with E-state index in [1.807, 2.05) is 0 Å². The van der Waals surface area contributed by atoms with Gasteiger partial charge in [-0.3, -0.25) is 0 Å². The van der Waals surface area contributed by atoms with E-state index >= 15 is 0 Å². The lowest BCUT2D eigenvalue weighted by molar-refractivity contribution is -0.0218. The fourth-order valence-electron chi connectivity index (χ4n) is 4.26. The molecule has 0 bridgehead atoms. The van der Waals surface area contributed by atoms with Gasteiger partial charge >= 0.3 is 0 Å². The topological polar surface area (TPSA) is 30.5 Å². The number of rotatable bonds is 6. The molecule has 1 fully saturated rings. The molecule has 1 saturated heterocycles. The second-order valence-corrected chi connectivity index (χ2v) is 16.3. The van der Waals surface area contributed by atoms with Crippen molar-refractivity contribution in [2.45, 2.75) is 129 Å². The summed E-state index contributed by atoms with van der Waals surface area (Å²) in [4.78, 5) is 0. The van der Waals surface area contributed by atoms with E-state index in [-0.39, 0.29) is 21.7 Å². The molecule has 0 amide bonds. The zero-order valence-corrected chi connectivity index (χ0v) is 19.9. The van der Waals surface area contributed by atoms with E-state index in [4.69, 9.17) is 9.16 Å². The van der Waals surface area contributed by atoms with E-state index in [9.17, 15) is 0 Å². The number of hydrogen-bond donors (Lipinski definition) is 1. The number of ether oxygens (including phenoxy) is 1. The van der Waals surface area contributed by atoms with Crippen molar-refractivity contribution < 1.29 is 9.16 Å². The minimum absolute atomic E-state index is 0.0712. The molecule has 150 valence electrons. The molecular weight excluding hydrogens is 326 g/mol. The van der Waals surface area contributed by atoms with Crippen LogP contribution in [0.5, 0.6) is 0 Å². The zero-order chi connectivity index (χ0) is 19.7. The minimum atomic E-state index is -1.82. The van der Waals surface area contributed by atoms with Crippen molar-refractivity contribution in [1.82, 2.24) is 5.32 Å². The van der Waals surface area contributed by atoms with Gasteiger partial charge in [0.15, 0.2) is 8.32 Å². The van der Waals surface area contributed by atoms with Crippen LogP contribution in [0.15, 0.2) is 0 Å². The van der Waals surface area contributed by atoms with Gasteiger partial charge < -0.3 is 14.5 Å². The molecule has 0 aromatic heterocycles. The van der Waals surface area contributed by atoms with Crippen LogP contribution in [0.2, 0.25) is 17.6 Å². The lowest BCUT2D eigenvalue weighted by atomic mass is 9.81. The molecule has 0 saturated carbocycles. The summed E-state index contributed by atoms with van der Waals surface area (Å²) in [6.07, 6.45) is 3.63. The third-order valence-electron chi connectivity index (χ3n) is 5.42. The van der Waals surface area contributed by atoms with Gasteiger partial charge in [-0.05, 0) is 85.4 Å². The van der Waals surface area contributed by atoms with Crippen molar-refractivity contribution in [2.24, 2.45) is 0 Å². The molecule has 0 aromatic rings. The molecule has 1 N–H and O–H groups in total. The Bertz CT molecular complexity index is 418. The summed E-state index contributed by atoms with van der Waals surface area (Å²) in [6, 6.07) is 1.16. The van der Waals surface area contributed by atoms with Crippen LogP contribution in [-0.2, 0) is 9.16 Å². The maximum Gasteiger partial charge on any atom is 0.195 e. The second-order valence-electron chi connectivity index (χ2n) is 11.6. The lowest BCUT2D eigenvalue weighted by Crippen LogP contribution is -2.59. The van der Waals surface area contributed by atoms with Crippen molar-refractivity contribution in [1.29, 1.82) is 0 Å². The van der Waals surface area contributed by atoms with Crippen LogP contribution in [0.3, 0.4) is 0 Å². The largest absolute Gasteiger partial charge is 0.412 e. The molecule has 25 heavy (non-hydrogen) atoms. The number of hydrogen-bond acceptors (Lipinski definition) is 3. The van der Waals surface area contributed by atoms with Gasteiger partial charge in [-0.15, -0.1) is 0 Å². The van der Waals surface area contributed by atoms with Crippen LogP contribution in [-0.4, -0.2) is 37.7 Å². The van der Waals surface area contributed by atoms with Crippen molar-refractivity contribution in [2.75, 3.05) is 6.61 Å². The van der Waals surface area contributed by atoms with Gasteiger partial charge in [-0.25, -0.2) is 0 Å². The highest BCUT2D eigenvalue weighted by atomic mass is 28.4. The number of nitrogens with one attached hydrogen (secondary N) is 1. The molecule has 1 aliphatic heterocycles. The van der Waals surface area contributed by atoms with E-state index in [1.165, 1.54) is 0 Å². The third kappa shape index (κ3) is 7.70. The quantitative estimate of drug-likeness (QED) is 0.466. The first kappa shape index (κ1) is 23.1. The van der Waals surface area contributed by atoms with Crippen LogP contribution in [0.25, 0.3) is 0 Å². The van der Waals surface area contributed by atoms with Gasteiger partial charge in [0.2, 0.25) is 0 Å². The summed E-state index contributed by atoms with van der Waals surface area (Å²) < 4.78 is 12.9. The SMILES string of the molecule is CC1(C)CC(OCCC[Si](C)(OC(C)(C)C)C(C)(C)C)CC(C)(C)N1. The molecular formula is C21H45NO2Si. The summed E-state index contributed by atoms with van der Waals surface area (Å²) in [5, 5.41) is 3.96. The van der Waals surface area contributed by atoms with Crippen molar-refractivity contribution >= 4 is 8.32 Å². The molecule has 1 atom stereocenters. The van der Waals surface area contributed by atoms with Gasteiger partial charge in [0.1, 0.15) is 0 Å². The fourth-order valence-corrected chi connectivity index (χ4v) is 7.59. The summed E-state index contributed by atoms with van der Waals surface area (Å²) in [5.74, 6) is 0. The summed E-state index contributed by atoms with van der Waals surface area (Å²) in [7, 11) is -1.82. The van der Waals surface area contributed by atoms with Crippen LogP contribution in [0.1, 0.15) is 88.5 Å². The van der Waals surface area contributed by atoms with Gasteiger partial charge in [0, 0.05) is 23.3 Å². The Morgan fingerprint density at radius 1 is 0.960 bits per heavy atom. The predicted octanol–water partition coefficient (Wildman–Crippen LogP) is 5.89. The molecule has 1 aliphatic rings. The van der Waals surface area contributed by atoms with E-state index in [0.29, 0.717) is 6.10 Å². The Morgan fingerprint density at radius 3 is 1.84 bits per heavy atom. The zero-order valence-electron chi connectivity index (χ0n) is 18.9. The van der Waals surface area contributed by atoms with Gasteiger partial charge in [-0.1, -0.05) is 20.8 Å². The van der Waals surface area contributed by atoms with Crippen molar-refractivity contribution in [3.63, 3.8) is 0 Å². The minimum Gasteiger partial charge on any atom is -0.412 e. The fraction of sp³-hybridized carbons (Fsp3) is 1.00. The Hall–Kier alpha value is 0.0969. The molecule has 0 radical (unpaired) electrons. The molecule has 1 rings (SSSR count). The van der Waals surface area contributed by atoms with Crippen LogP contribution >= 0.6 is 0 Å². The van der Waals surface area contributed by atoms with E-state index in [0.717, 1.165) is 31.9 Å². The van der Waals surface area contributed by atoms with Gasteiger partial charge in [0.25, 0.3) is 0 Å². The highest BCUT2D eigenvalue weighted by molar-refractivity contribution is 6.75. The first-order valence-electron chi connectivity index (χ1n) is 10.1. The summed E-state index contributed by atoms with van der Waals surface area (Å²) in [5.41, 5.74) is 0.227. The Labute approximate surface area is 158 Å². The highest BCUT2D eigenvalue weighted by Crippen LogP contribution is 2.42. The lowest BCUT2D eigenvalue weighted by Gasteiger charge is -2.46.